The van der Waals surface area contributed by atoms with E-state index in [9.17, 15) is 14.4 Å². The lowest BCUT2D eigenvalue weighted by Crippen LogP contribution is -2.30. The van der Waals surface area contributed by atoms with E-state index in [1.807, 2.05) is 0 Å². The van der Waals surface area contributed by atoms with E-state index < -0.39 is 6.10 Å². The zero-order valence-electron chi connectivity index (χ0n) is 47.9. The predicted molar refractivity (Wildman–Crippen MR) is 316 cm³/mol. The molecule has 418 valence electrons. The fraction of sp³-hybridized carbons (Fsp3) is 0.716. The molecule has 0 spiro atoms. The van der Waals surface area contributed by atoms with Crippen molar-refractivity contribution in [2.24, 2.45) is 0 Å². The molecule has 0 radical (unpaired) electrons. The summed E-state index contributed by atoms with van der Waals surface area (Å²) >= 11 is 0. The molecule has 0 aromatic heterocycles. The minimum Gasteiger partial charge on any atom is -0.462 e. The van der Waals surface area contributed by atoms with Crippen LogP contribution in [-0.2, 0) is 28.6 Å². The second kappa shape index (κ2) is 60.9. The molecule has 0 rings (SSSR count). The molecule has 0 aliphatic carbocycles. The second-order valence-electron chi connectivity index (χ2n) is 20.2. The number of hydrogen-bond acceptors (Lipinski definition) is 6. The van der Waals surface area contributed by atoms with Crippen LogP contribution in [-0.4, -0.2) is 37.2 Å². The van der Waals surface area contributed by atoms with Crippen molar-refractivity contribution in [1.82, 2.24) is 0 Å². The van der Waals surface area contributed by atoms with Gasteiger partial charge in [0.05, 0.1) is 0 Å². The monoisotopic (exact) mass is 1010 g/mol. The van der Waals surface area contributed by atoms with Crippen LogP contribution in [0.3, 0.4) is 0 Å². The van der Waals surface area contributed by atoms with Crippen LogP contribution in [0.4, 0.5) is 0 Å². The lowest BCUT2D eigenvalue weighted by atomic mass is 10.1. The molecule has 0 bridgehead atoms. The molecule has 6 heteroatoms. The maximum atomic E-state index is 12.8. The van der Waals surface area contributed by atoms with Gasteiger partial charge in [0, 0.05) is 19.3 Å². The van der Waals surface area contributed by atoms with Crippen LogP contribution in [0.25, 0.3) is 0 Å². The summed E-state index contributed by atoms with van der Waals surface area (Å²) in [6.45, 7) is 6.49. The molecule has 1 atom stereocenters. The normalized spacial score (nSPS) is 12.8. The Morgan fingerprint density at radius 2 is 0.534 bits per heavy atom. The summed E-state index contributed by atoms with van der Waals surface area (Å²) in [6, 6.07) is 0. The fourth-order valence-corrected chi connectivity index (χ4v) is 8.48. The SMILES string of the molecule is CC/C=C\C/C=C\C/C=C\C/C=C\C/C=C\C/C=C\CCCCCCCCCCCCC(=O)OCC(COC(=O)CCCCCCCCCCCCC)OC(=O)CCCCCCC/C=C\C/C=C\CCCCC. The fourth-order valence-electron chi connectivity index (χ4n) is 8.48. The summed E-state index contributed by atoms with van der Waals surface area (Å²) in [4.78, 5) is 38.2. The summed E-state index contributed by atoms with van der Waals surface area (Å²) in [6.07, 6.45) is 81.2. The maximum absolute atomic E-state index is 12.8. The van der Waals surface area contributed by atoms with Crippen LogP contribution >= 0.6 is 0 Å². The predicted octanol–water partition coefficient (Wildman–Crippen LogP) is 20.9. The highest BCUT2D eigenvalue weighted by Crippen LogP contribution is 2.16. The van der Waals surface area contributed by atoms with Crippen molar-refractivity contribution >= 4 is 17.9 Å². The zero-order chi connectivity index (χ0) is 52.9. The molecule has 0 amide bonds. The van der Waals surface area contributed by atoms with Crippen LogP contribution in [0.2, 0.25) is 0 Å². The molecular formula is C67H114O6. The van der Waals surface area contributed by atoms with E-state index in [-0.39, 0.29) is 31.1 Å². The lowest BCUT2D eigenvalue weighted by Gasteiger charge is -2.18. The summed E-state index contributed by atoms with van der Waals surface area (Å²) in [5.41, 5.74) is 0. The van der Waals surface area contributed by atoms with E-state index in [4.69, 9.17) is 14.2 Å². The first kappa shape index (κ1) is 69.3. The van der Waals surface area contributed by atoms with E-state index in [2.05, 4.69) is 118 Å². The Kier molecular flexibility index (Phi) is 57.8. The van der Waals surface area contributed by atoms with Crippen LogP contribution in [0.15, 0.2) is 97.2 Å². The van der Waals surface area contributed by atoms with Gasteiger partial charge in [-0.1, -0.05) is 266 Å². The first-order valence-electron chi connectivity index (χ1n) is 30.7. The van der Waals surface area contributed by atoms with Crippen molar-refractivity contribution in [2.75, 3.05) is 13.2 Å². The number of esters is 3. The van der Waals surface area contributed by atoms with E-state index in [1.54, 1.807) is 0 Å². The van der Waals surface area contributed by atoms with E-state index in [0.717, 1.165) is 122 Å². The average Bonchev–Trinajstić information content (AvgIpc) is 3.39. The molecule has 1 unspecified atom stereocenters. The number of hydrogen-bond donors (Lipinski definition) is 0. The van der Waals surface area contributed by atoms with Gasteiger partial charge in [0.1, 0.15) is 13.2 Å². The third-order valence-electron chi connectivity index (χ3n) is 13.1. The van der Waals surface area contributed by atoms with Gasteiger partial charge in [0.15, 0.2) is 6.10 Å². The molecule has 0 aliphatic rings. The third-order valence-corrected chi connectivity index (χ3v) is 13.1. The maximum Gasteiger partial charge on any atom is 0.306 e. The third kappa shape index (κ3) is 59.1. The highest BCUT2D eigenvalue weighted by molar-refractivity contribution is 5.71. The van der Waals surface area contributed by atoms with Gasteiger partial charge >= 0.3 is 17.9 Å². The molecule has 0 saturated heterocycles. The molecule has 6 nitrogen and oxygen atoms in total. The molecule has 0 aliphatic heterocycles. The first-order chi connectivity index (χ1) is 36.0. The van der Waals surface area contributed by atoms with Crippen molar-refractivity contribution < 1.29 is 28.6 Å². The largest absolute Gasteiger partial charge is 0.462 e. The second-order valence-corrected chi connectivity index (χ2v) is 20.2. The molecule has 0 N–H and O–H groups in total. The highest BCUT2D eigenvalue weighted by atomic mass is 16.6. The van der Waals surface area contributed by atoms with Gasteiger partial charge in [-0.25, -0.2) is 0 Å². The van der Waals surface area contributed by atoms with Gasteiger partial charge in [0.25, 0.3) is 0 Å². The molecule has 0 aromatic carbocycles. The zero-order valence-corrected chi connectivity index (χ0v) is 47.9. The number of rotatable bonds is 55. The Hall–Kier alpha value is -3.67. The standard InChI is InChI=1S/C67H114O6/c1-4-7-10-13-16-19-22-24-26-27-28-29-30-31-32-33-34-35-36-37-38-39-41-42-45-48-51-54-57-60-66(69)72-63-64(62-71-65(68)59-56-53-50-47-44-21-18-15-12-9-6-3)73-67(70)61-58-55-52-49-46-43-40-25-23-20-17-14-11-8-5-2/h7,10,16-17,19-20,24-26,28-29,31-32,34-35,40,64H,4-6,8-9,11-15,18,21-23,27,30,33,36-39,41-63H2,1-3H3/b10-7-,19-16-,20-17-,26-24-,29-28-,32-31-,35-34-,40-25-. The molecule has 0 aromatic rings. The molecule has 0 fully saturated rings. The summed E-state index contributed by atoms with van der Waals surface area (Å²) in [5.74, 6) is -0.894. The van der Waals surface area contributed by atoms with Crippen LogP contribution in [0, 0.1) is 0 Å². The van der Waals surface area contributed by atoms with Gasteiger partial charge in [-0.15, -0.1) is 0 Å². The number of allylic oxidation sites excluding steroid dienone is 16. The minimum absolute atomic E-state index is 0.0818. The van der Waals surface area contributed by atoms with Gasteiger partial charge in [-0.05, 0) is 103 Å². The van der Waals surface area contributed by atoms with Gasteiger partial charge < -0.3 is 14.2 Å². The quantitative estimate of drug-likeness (QED) is 0.0261. The Morgan fingerprint density at radius 1 is 0.288 bits per heavy atom. The number of carbonyl (C=O) groups is 3. The summed E-state index contributed by atoms with van der Waals surface area (Å²) in [5, 5.41) is 0. The molecular weight excluding hydrogens is 901 g/mol. The van der Waals surface area contributed by atoms with E-state index in [1.165, 1.54) is 128 Å². The van der Waals surface area contributed by atoms with E-state index >= 15 is 0 Å². The highest BCUT2D eigenvalue weighted by Gasteiger charge is 2.19. The number of carbonyl (C=O) groups excluding carboxylic acids is 3. The average molecular weight is 1020 g/mol. The summed E-state index contributed by atoms with van der Waals surface area (Å²) < 4.78 is 16.9. The van der Waals surface area contributed by atoms with Crippen molar-refractivity contribution in [3.63, 3.8) is 0 Å². The number of unbranched alkanes of at least 4 members (excludes halogenated alkanes) is 28. The Morgan fingerprint density at radius 3 is 0.863 bits per heavy atom. The molecule has 0 heterocycles. The van der Waals surface area contributed by atoms with Crippen LogP contribution in [0.5, 0.6) is 0 Å². The Labute approximate surface area is 451 Å². The van der Waals surface area contributed by atoms with Crippen molar-refractivity contribution in [1.29, 1.82) is 0 Å². The Bertz CT molecular complexity index is 1440. The van der Waals surface area contributed by atoms with Crippen LogP contribution in [0.1, 0.15) is 290 Å². The van der Waals surface area contributed by atoms with Crippen LogP contribution < -0.4 is 0 Å². The van der Waals surface area contributed by atoms with Gasteiger partial charge in [-0.3, -0.25) is 14.4 Å². The van der Waals surface area contributed by atoms with Crippen molar-refractivity contribution in [3.8, 4) is 0 Å². The first-order valence-corrected chi connectivity index (χ1v) is 30.7. The molecule has 0 saturated carbocycles. The van der Waals surface area contributed by atoms with Gasteiger partial charge in [0.2, 0.25) is 0 Å². The number of ether oxygens (including phenoxy) is 3. The van der Waals surface area contributed by atoms with E-state index in [0.29, 0.717) is 19.3 Å². The molecule has 73 heavy (non-hydrogen) atoms. The minimum atomic E-state index is -0.785. The van der Waals surface area contributed by atoms with Gasteiger partial charge in [-0.2, -0.15) is 0 Å². The summed E-state index contributed by atoms with van der Waals surface area (Å²) in [7, 11) is 0. The topological polar surface area (TPSA) is 78.9 Å². The lowest BCUT2D eigenvalue weighted by molar-refractivity contribution is -0.167. The Balaban J connectivity index is 4.25. The van der Waals surface area contributed by atoms with Crippen molar-refractivity contribution in [2.45, 2.75) is 297 Å². The smallest absolute Gasteiger partial charge is 0.306 e. The van der Waals surface area contributed by atoms with Crippen molar-refractivity contribution in [3.05, 3.63) is 97.2 Å².